The number of benzene rings is 2. The van der Waals surface area contributed by atoms with E-state index in [2.05, 4.69) is 20.4 Å². The van der Waals surface area contributed by atoms with E-state index in [1.165, 1.54) is 6.26 Å². The molecule has 0 amide bonds. The summed E-state index contributed by atoms with van der Waals surface area (Å²) in [6, 6.07) is 22.5. The van der Waals surface area contributed by atoms with Crippen LogP contribution in [-0.4, -0.2) is 34.3 Å². The molecular weight excluding hydrogens is 422 g/mol. The normalized spacial score (nSPS) is 11.5. The van der Waals surface area contributed by atoms with E-state index in [9.17, 15) is 8.42 Å². The number of sulfone groups is 1. The standard InChI is InChI=1S/C24H19N5O2S/c1-32(30,31)22-6-2-4-18(14-22)23-12-11-21-16-26-24(28-29(21)23)27-20-9-7-17(8-10-20)19-5-3-13-25-15-19/h2-16H,1H3,(H,27,28). The zero-order valence-electron chi connectivity index (χ0n) is 17.2. The number of anilines is 2. The van der Waals surface area contributed by atoms with Gasteiger partial charge in [-0.1, -0.05) is 30.3 Å². The summed E-state index contributed by atoms with van der Waals surface area (Å²) in [6.45, 7) is 0. The summed E-state index contributed by atoms with van der Waals surface area (Å²) >= 11 is 0. The van der Waals surface area contributed by atoms with Gasteiger partial charge in [-0.25, -0.2) is 17.9 Å². The zero-order chi connectivity index (χ0) is 22.1. The number of rotatable bonds is 5. The van der Waals surface area contributed by atoms with E-state index in [1.807, 2.05) is 60.8 Å². The lowest BCUT2D eigenvalue weighted by molar-refractivity contribution is 0.602. The lowest BCUT2D eigenvalue weighted by Crippen LogP contribution is -2.03. The first-order chi connectivity index (χ1) is 15.5. The van der Waals surface area contributed by atoms with Gasteiger partial charge < -0.3 is 5.32 Å². The van der Waals surface area contributed by atoms with Crippen molar-refractivity contribution in [1.82, 2.24) is 19.6 Å². The highest BCUT2D eigenvalue weighted by molar-refractivity contribution is 7.90. The van der Waals surface area contributed by atoms with Crippen LogP contribution in [0.15, 0.2) is 96.3 Å². The van der Waals surface area contributed by atoms with Crippen LogP contribution in [0.25, 0.3) is 27.9 Å². The minimum atomic E-state index is -3.30. The fraction of sp³-hybridized carbons (Fsp3) is 0.0417. The highest BCUT2D eigenvalue weighted by atomic mass is 32.2. The molecule has 32 heavy (non-hydrogen) atoms. The van der Waals surface area contributed by atoms with Gasteiger partial charge in [-0.05, 0) is 53.6 Å². The first-order valence-electron chi connectivity index (χ1n) is 9.90. The minimum absolute atomic E-state index is 0.270. The van der Waals surface area contributed by atoms with E-state index in [4.69, 9.17) is 0 Å². The van der Waals surface area contributed by atoms with Gasteiger partial charge in [0.1, 0.15) is 0 Å². The Morgan fingerprint density at radius 2 is 1.66 bits per heavy atom. The second-order valence-electron chi connectivity index (χ2n) is 7.38. The summed E-state index contributed by atoms with van der Waals surface area (Å²) in [5.74, 6) is 0.434. The fourth-order valence-electron chi connectivity index (χ4n) is 3.47. The van der Waals surface area contributed by atoms with Gasteiger partial charge in [-0.3, -0.25) is 4.98 Å². The third kappa shape index (κ3) is 3.95. The van der Waals surface area contributed by atoms with Crippen LogP contribution in [0.3, 0.4) is 0 Å². The number of nitrogens with one attached hydrogen (secondary N) is 1. The molecule has 0 aliphatic carbocycles. The maximum absolute atomic E-state index is 11.9. The van der Waals surface area contributed by atoms with E-state index in [-0.39, 0.29) is 4.90 Å². The topological polar surface area (TPSA) is 89.2 Å². The second-order valence-corrected chi connectivity index (χ2v) is 9.40. The number of aromatic nitrogens is 4. The molecule has 2 aromatic carbocycles. The molecule has 8 heteroatoms. The number of hydrogen-bond acceptors (Lipinski definition) is 6. The summed E-state index contributed by atoms with van der Waals surface area (Å²) in [4.78, 5) is 8.82. The van der Waals surface area contributed by atoms with Crippen molar-refractivity contribution in [3.05, 3.63) is 91.4 Å². The Kier molecular flexibility index (Phi) is 4.91. The molecule has 0 saturated heterocycles. The molecule has 5 rings (SSSR count). The molecule has 0 atom stereocenters. The van der Waals surface area contributed by atoms with Crippen LogP contribution >= 0.6 is 0 Å². The Balaban J connectivity index is 1.46. The first kappa shape index (κ1) is 19.9. The van der Waals surface area contributed by atoms with E-state index < -0.39 is 9.84 Å². The molecule has 7 nitrogen and oxygen atoms in total. The Hall–Kier alpha value is -4.04. The van der Waals surface area contributed by atoms with E-state index in [1.54, 1.807) is 35.1 Å². The van der Waals surface area contributed by atoms with Gasteiger partial charge in [0.2, 0.25) is 5.95 Å². The average Bonchev–Trinajstić information content (AvgIpc) is 3.23. The Morgan fingerprint density at radius 3 is 2.41 bits per heavy atom. The van der Waals surface area contributed by atoms with Crippen LogP contribution in [0.4, 0.5) is 11.6 Å². The maximum Gasteiger partial charge on any atom is 0.245 e. The van der Waals surface area contributed by atoms with Gasteiger partial charge >= 0.3 is 0 Å². The molecule has 3 heterocycles. The predicted octanol–water partition coefficient (Wildman–Crippen LogP) is 4.61. The Labute approximate surface area is 185 Å². The van der Waals surface area contributed by atoms with Crippen molar-refractivity contribution in [3.63, 3.8) is 0 Å². The summed E-state index contributed by atoms with van der Waals surface area (Å²) in [6.07, 6.45) is 6.50. The van der Waals surface area contributed by atoms with Crippen LogP contribution in [0.2, 0.25) is 0 Å². The van der Waals surface area contributed by atoms with Gasteiger partial charge in [-0.15, -0.1) is 5.10 Å². The van der Waals surface area contributed by atoms with E-state index in [0.717, 1.165) is 33.6 Å². The number of hydrogen-bond donors (Lipinski definition) is 1. The number of nitrogens with zero attached hydrogens (tertiary/aromatic N) is 4. The zero-order valence-corrected chi connectivity index (χ0v) is 18.0. The quantitative estimate of drug-likeness (QED) is 0.429. The van der Waals surface area contributed by atoms with Gasteiger partial charge in [-0.2, -0.15) is 0 Å². The van der Waals surface area contributed by atoms with Crippen molar-refractivity contribution in [2.24, 2.45) is 0 Å². The van der Waals surface area contributed by atoms with Crippen LogP contribution in [0.1, 0.15) is 0 Å². The monoisotopic (exact) mass is 441 g/mol. The fourth-order valence-corrected chi connectivity index (χ4v) is 4.14. The molecule has 0 unspecified atom stereocenters. The highest BCUT2D eigenvalue weighted by Crippen LogP contribution is 2.26. The Bertz CT molecular complexity index is 1510. The van der Waals surface area contributed by atoms with E-state index >= 15 is 0 Å². The molecule has 0 spiro atoms. The van der Waals surface area contributed by atoms with Crippen LogP contribution in [0.5, 0.6) is 0 Å². The predicted molar refractivity (Wildman–Crippen MR) is 124 cm³/mol. The van der Waals surface area contributed by atoms with E-state index in [0.29, 0.717) is 5.95 Å². The maximum atomic E-state index is 11.9. The Morgan fingerprint density at radius 1 is 0.844 bits per heavy atom. The SMILES string of the molecule is CS(=O)(=O)c1cccc(-c2ccc3cnc(Nc4ccc(-c5cccnc5)cc4)nn23)c1. The van der Waals surface area contributed by atoms with Gasteiger partial charge in [0.05, 0.1) is 22.3 Å². The molecule has 1 N–H and O–H groups in total. The first-order valence-corrected chi connectivity index (χ1v) is 11.8. The molecule has 0 fully saturated rings. The third-order valence-electron chi connectivity index (χ3n) is 5.09. The van der Waals surface area contributed by atoms with Crippen LogP contribution in [0, 0.1) is 0 Å². The summed E-state index contributed by atoms with van der Waals surface area (Å²) in [5.41, 5.74) is 5.32. The summed E-state index contributed by atoms with van der Waals surface area (Å²) < 4.78 is 25.6. The molecule has 0 aliphatic heterocycles. The molecule has 0 bridgehead atoms. The molecule has 0 saturated carbocycles. The van der Waals surface area contributed by atoms with Crippen molar-refractivity contribution in [2.45, 2.75) is 4.90 Å². The van der Waals surface area contributed by atoms with Gasteiger partial charge in [0.15, 0.2) is 9.84 Å². The van der Waals surface area contributed by atoms with Crippen molar-refractivity contribution < 1.29 is 8.42 Å². The summed E-state index contributed by atoms with van der Waals surface area (Å²) in [5, 5.41) is 7.84. The van der Waals surface area contributed by atoms with Crippen molar-refractivity contribution in [1.29, 1.82) is 0 Å². The molecule has 0 radical (unpaired) electrons. The molecular formula is C24H19N5O2S. The average molecular weight is 442 g/mol. The van der Waals surface area contributed by atoms with Gasteiger partial charge in [0.25, 0.3) is 0 Å². The lowest BCUT2D eigenvalue weighted by Gasteiger charge is -2.08. The molecule has 158 valence electrons. The van der Waals surface area contributed by atoms with Gasteiger partial charge in [0, 0.05) is 29.9 Å². The molecule has 5 aromatic rings. The lowest BCUT2D eigenvalue weighted by atomic mass is 10.1. The molecule has 0 aliphatic rings. The summed E-state index contributed by atoms with van der Waals surface area (Å²) in [7, 11) is -3.30. The molecule has 3 aromatic heterocycles. The number of fused-ring (bicyclic) bond motifs is 1. The smallest absolute Gasteiger partial charge is 0.245 e. The van der Waals surface area contributed by atoms with Crippen LogP contribution in [-0.2, 0) is 9.84 Å². The van der Waals surface area contributed by atoms with Crippen molar-refractivity contribution in [2.75, 3.05) is 11.6 Å². The third-order valence-corrected chi connectivity index (χ3v) is 6.20. The largest absolute Gasteiger partial charge is 0.323 e. The van der Waals surface area contributed by atoms with Crippen LogP contribution < -0.4 is 5.32 Å². The van der Waals surface area contributed by atoms with Crippen molar-refractivity contribution in [3.8, 4) is 22.4 Å². The van der Waals surface area contributed by atoms with Crippen molar-refractivity contribution >= 4 is 27.0 Å². The number of pyridine rings is 1. The minimum Gasteiger partial charge on any atom is -0.323 e. The second kappa shape index (κ2) is 7.90. The highest BCUT2D eigenvalue weighted by Gasteiger charge is 2.12.